The Morgan fingerprint density at radius 1 is 1.40 bits per heavy atom. The average Bonchev–Trinajstić information content (AvgIpc) is 2.91. The predicted molar refractivity (Wildman–Crippen MR) is 73.6 cm³/mol. The number of aromatic amines is 1. The molecule has 10 heteroatoms. The first-order chi connectivity index (χ1) is 9.61. The van der Waals surface area contributed by atoms with Crippen LogP contribution in [-0.4, -0.2) is 55.3 Å². The van der Waals surface area contributed by atoms with Gasteiger partial charge in [-0.1, -0.05) is 0 Å². The van der Waals surface area contributed by atoms with Crippen LogP contribution in [0.15, 0.2) is 12.7 Å². The number of hydrogen-bond donors (Lipinski definition) is 5. The van der Waals surface area contributed by atoms with Gasteiger partial charge in [-0.25, -0.2) is 15.0 Å². The monoisotopic (exact) mass is 296 g/mol. The van der Waals surface area contributed by atoms with Crippen molar-refractivity contribution in [3.05, 3.63) is 12.7 Å². The zero-order chi connectivity index (χ0) is 14.5. The van der Waals surface area contributed by atoms with Crippen molar-refractivity contribution in [3.8, 4) is 0 Å². The third kappa shape index (κ3) is 3.15. The molecule has 0 aliphatic rings. The molecule has 106 valence electrons. The number of amides is 1. The number of aromatic nitrogens is 4. The maximum atomic E-state index is 11.8. The molecule has 2 aromatic rings. The molecule has 20 heavy (non-hydrogen) atoms. The van der Waals surface area contributed by atoms with Crippen LogP contribution >= 0.6 is 12.6 Å². The van der Waals surface area contributed by atoms with Crippen molar-refractivity contribution >= 4 is 41.5 Å². The number of H-pyrrole nitrogens is 1. The van der Waals surface area contributed by atoms with Crippen LogP contribution < -0.4 is 10.6 Å². The van der Waals surface area contributed by atoms with Crippen LogP contribution in [0.25, 0.3) is 11.2 Å². The molecule has 9 nitrogen and oxygen atoms in total. The van der Waals surface area contributed by atoms with E-state index in [0.29, 0.717) is 17.0 Å². The van der Waals surface area contributed by atoms with E-state index in [1.807, 2.05) is 0 Å². The van der Waals surface area contributed by atoms with Crippen molar-refractivity contribution in [2.75, 3.05) is 17.6 Å². The fraction of sp³-hybridized carbons (Fsp3) is 0.300. The number of hydrogen-bond acceptors (Lipinski definition) is 7. The summed E-state index contributed by atoms with van der Waals surface area (Å²) in [5, 5.41) is 13.7. The molecule has 4 N–H and O–H groups in total. The first kappa shape index (κ1) is 14.1. The highest BCUT2D eigenvalue weighted by Gasteiger charge is 2.19. The number of rotatable bonds is 6. The van der Waals surface area contributed by atoms with Gasteiger partial charge in [-0.3, -0.25) is 9.59 Å². The summed E-state index contributed by atoms with van der Waals surface area (Å²) in [6.07, 6.45) is 2.78. The molecule has 0 aromatic carbocycles. The maximum absolute atomic E-state index is 11.8. The van der Waals surface area contributed by atoms with E-state index in [-0.39, 0.29) is 5.75 Å². The van der Waals surface area contributed by atoms with E-state index in [9.17, 15) is 9.59 Å². The van der Waals surface area contributed by atoms with Crippen molar-refractivity contribution in [1.82, 2.24) is 25.3 Å². The van der Waals surface area contributed by atoms with E-state index in [2.05, 4.69) is 43.2 Å². The predicted octanol–water partition coefficient (Wildman–Crippen LogP) is -0.736. The number of fused-ring (bicyclic) bond motifs is 1. The first-order valence-corrected chi connectivity index (χ1v) is 6.26. The Hall–Kier alpha value is -2.36. The van der Waals surface area contributed by atoms with Gasteiger partial charge in [0.05, 0.1) is 6.33 Å². The fourth-order valence-electron chi connectivity index (χ4n) is 1.52. The summed E-state index contributed by atoms with van der Waals surface area (Å²) in [6.45, 7) is -0.450. The Balaban J connectivity index is 2.11. The van der Waals surface area contributed by atoms with Crippen molar-refractivity contribution in [2.24, 2.45) is 0 Å². The number of thiol groups is 1. The maximum Gasteiger partial charge on any atom is 0.322 e. The summed E-state index contributed by atoms with van der Waals surface area (Å²) in [6, 6.07) is -0.723. The standard InChI is InChI=1S/C10H12N6O3S/c17-6(18)1-11-10(19)5(2-20)16-9-7-8(13-3-12-7)14-4-15-9/h3-5,20H,1-2H2,(H,11,19)(H,17,18)(H2,12,13,14,15,16)/t5-/m0/s1. The SMILES string of the molecule is O=C(O)CNC(=O)[C@H](CS)Nc1ncnc2nc[nH]c12. The molecule has 0 radical (unpaired) electrons. The summed E-state index contributed by atoms with van der Waals surface area (Å²) in [5.41, 5.74) is 1.02. The minimum atomic E-state index is -1.12. The molecule has 2 rings (SSSR count). The highest BCUT2D eigenvalue weighted by molar-refractivity contribution is 7.80. The van der Waals surface area contributed by atoms with Crippen LogP contribution in [0.1, 0.15) is 0 Å². The number of nitrogens with one attached hydrogen (secondary N) is 3. The minimum Gasteiger partial charge on any atom is -0.480 e. The fourth-order valence-corrected chi connectivity index (χ4v) is 1.78. The van der Waals surface area contributed by atoms with Crippen LogP contribution in [0.2, 0.25) is 0 Å². The molecule has 0 aliphatic heterocycles. The van der Waals surface area contributed by atoms with Gasteiger partial charge in [0.15, 0.2) is 11.5 Å². The lowest BCUT2D eigenvalue weighted by Crippen LogP contribution is -2.43. The second kappa shape index (κ2) is 6.19. The summed E-state index contributed by atoms with van der Waals surface area (Å²) < 4.78 is 0. The van der Waals surface area contributed by atoms with E-state index < -0.39 is 24.5 Å². The highest BCUT2D eigenvalue weighted by atomic mass is 32.1. The smallest absolute Gasteiger partial charge is 0.322 e. The van der Waals surface area contributed by atoms with Gasteiger partial charge in [0.1, 0.15) is 24.4 Å². The van der Waals surface area contributed by atoms with Gasteiger partial charge < -0.3 is 20.7 Å². The van der Waals surface area contributed by atoms with Gasteiger partial charge in [-0.05, 0) is 0 Å². The number of aliphatic carboxylic acids is 1. The third-order valence-corrected chi connectivity index (χ3v) is 2.81. The molecule has 0 spiro atoms. The number of carbonyl (C=O) groups is 2. The van der Waals surface area contributed by atoms with Gasteiger partial charge in [-0.2, -0.15) is 12.6 Å². The van der Waals surface area contributed by atoms with Crippen LogP contribution in [-0.2, 0) is 9.59 Å². The molecule has 0 bridgehead atoms. The van der Waals surface area contributed by atoms with Crippen molar-refractivity contribution < 1.29 is 14.7 Å². The van der Waals surface area contributed by atoms with E-state index in [1.165, 1.54) is 12.7 Å². The number of nitrogens with zero attached hydrogens (tertiary/aromatic N) is 3. The molecule has 0 unspecified atom stereocenters. The molecule has 2 aromatic heterocycles. The lowest BCUT2D eigenvalue weighted by Gasteiger charge is -2.16. The summed E-state index contributed by atoms with van der Waals surface area (Å²) >= 11 is 4.07. The van der Waals surface area contributed by atoms with Crippen LogP contribution in [0.5, 0.6) is 0 Å². The lowest BCUT2D eigenvalue weighted by atomic mass is 10.3. The van der Waals surface area contributed by atoms with E-state index in [4.69, 9.17) is 5.11 Å². The zero-order valence-corrected chi connectivity index (χ0v) is 11.1. The molecular formula is C10H12N6O3S. The van der Waals surface area contributed by atoms with Crippen LogP contribution in [0.4, 0.5) is 5.82 Å². The Morgan fingerprint density at radius 2 is 2.20 bits per heavy atom. The average molecular weight is 296 g/mol. The summed E-state index contributed by atoms with van der Waals surface area (Å²) in [7, 11) is 0. The Morgan fingerprint density at radius 3 is 2.90 bits per heavy atom. The zero-order valence-electron chi connectivity index (χ0n) is 10.2. The molecule has 1 amide bonds. The number of imidazole rings is 1. The minimum absolute atomic E-state index is 0.172. The molecule has 0 fully saturated rings. The molecular weight excluding hydrogens is 284 g/mol. The highest BCUT2D eigenvalue weighted by Crippen LogP contribution is 2.15. The number of carboxylic acids is 1. The van der Waals surface area contributed by atoms with Gasteiger partial charge in [0, 0.05) is 5.75 Å². The number of anilines is 1. The molecule has 0 saturated carbocycles. The number of carboxylic acid groups (broad SMARTS) is 1. The third-order valence-electron chi connectivity index (χ3n) is 2.45. The van der Waals surface area contributed by atoms with Gasteiger partial charge in [-0.15, -0.1) is 0 Å². The summed E-state index contributed by atoms with van der Waals surface area (Å²) in [4.78, 5) is 37.0. The van der Waals surface area contributed by atoms with Crippen LogP contribution in [0, 0.1) is 0 Å². The van der Waals surface area contributed by atoms with Crippen LogP contribution in [0.3, 0.4) is 0 Å². The van der Waals surface area contributed by atoms with Crippen molar-refractivity contribution in [3.63, 3.8) is 0 Å². The van der Waals surface area contributed by atoms with E-state index in [0.717, 1.165) is 0 Å². The molecule has 1 atom stereocenters. The van der Waals surface area contributed by atoms with Gasteiger partial charge in [0.25, 0.3) is 0 Å². The van der Waals surface area contributed by atoms with E-state index >= 15 is 0 Å². The Bertz CT molecular complexity index is 630. The molecule has 2 heterocycles. The quantitative estimate of drug-likeness (QED) is 0.443. The number of carbonyl (C=O) groups excluding carboxylic acids is 1. The second-order valence-electron chi connectivity index (χ2n) is 3.81. The normalized spacial score (nSPS) is 12.1. The van der Waals surface area contributed by atoms with E-state index in [1.54, 1.807) is 0 Å². The van der Waals surface area contributed by atoms with Crippen molar-refractivity contribution in [2.45, 2.75) is 6.04 Å². The molecule has 0 aliphatic carbocycles. The lowest BCUT2D eigenvalue weighted by molar-refractivity contribution is -0.137. The largest absolute Gasteiger partial charge is 0.480 e. The Labute approximate surface area is 118 Å². The molecule has 0 saturated heterocycles. The Kier molecular flexibility index (Phi) is 4.35. The first-order valence-electron chi connectivity index (χ1n) is 5.62. The van der Waals surface area contributed by atoms with Gasteiger partial charge >= 0.3 is 5.97 Å². The van der Waals surface area contributed by atoms with Gasteiger partial charge in [0.2, 0.25) is 5.91 Å². The second-order valence-corrected chi connectivity index (χ2v) is 4.18. The van der Waals surface area contributed by atoms with Crippen molar-refractivity contribution in [1.29, 1.82) is 0 Å². The summed E-state index contributed by atoms with van der Waals surface area (Å²) in [5.74, 6) is -1.02. The topological polar surface area (TPSA) is 133 Å².